The van der Waals surface area contributed by atoms with Gasteiger partial charge in [-0.3, -0.25) is 14.4 Å². The van der Waals surface area contributed by atoms with Crippen LogP contribution in [0.15, 0.2) is 18.2 Å². The number of carbonyl (C=O) groups excluding carboxylic acids is 2. The summed E-state index contributed by atoms with van der Waals surface area (Å²) in [6.07, 6.45) is 0.599. The van der Waals surface area contributed by atoms with Gasteiger partial charge in [-0.25, -0.2) is 9.18 Å². The first-order valence-electron chi connectivity index (χ1n) is 10.6. The maximum atomic E-state index is 13.6. The van der Waals surface area contributed by atoms with E-state index in [-0.39, 0.29) is 23.7 Å². The Bertz CT molecular complexity index is 1110. The maximum absolute atomic E-state index is 13.6. The molecule has 9 nitrogen and oxygen atoms in total. The van der Waals surface area contributed by atoms with Crippen LogP contribution >= 0.6 is 0 Å². The van der Waals surface area contributed by atoms with Crippen molar-refractivity contribution in [2.45, 2.75) is 39.0 Å². The summed E-state index contributed by atoms with van der Waals surface area (Å²) in [4.78, 5) is 29.3. The van der Waals surface area contributed by atoms with Gasteiger partial charge in [0.25, 0.3) is 5.91 Å². The molecule has 4 rings (SSSR count). The van der Waals surface area contributed by atoms with Gasteiger partial charge < -0.3 is 15.3 Å². The maximum Gasteiger partial charge on any atom is 0.328 e. The van der Waals surface area contributed by atoms with Crippen LogP contribution in [0.1, 0.15) is 40.7 Å². The lowest BCUT2D eigenvalue weighted by Gasteiger charge is -2.26. The lowest BCUT2D eigenvalue weighted by molar-refractivity contribution is 0.0752. The summed E-state index contributed by atoms with van der Waals surface area (Å²) in [5, 5.41) is 26.6. The van der Waals surface area contributed by atoms with E-state index in [2.05, 4.69) is 15.3 Å². The van der Waals surface area contributed by atoms with Gasteiger partial charge in [0.2, 0.25) is 0 Å². The molecule has 0 aliphatic carbocycles. The van der Waals surface area contributed by atoms with E-state index in [0.29, 0.717) is 43.7 Å². The zero-order valence-corrected chi connectivity index (χ0v) is 18.0. The van der Waals surface area contributed by atoms with E-state index in [1.807, 2.05) is 14.0 Å². The number of amides is 3. The van der Waals surface area contributed by atoms with Gasteiger partial charge in [-0.15, -0.1) is 0 Å². The standard InChI is InChI=1S/C22H25FN6O3/c1-3-19(30)14-10-27(2)12-18-20-17(26-29(18)11-14)6-7-28(21(20)31)22(32)25-15-4-5-16(23)13(8-15)9-24/h4-5,8,14,19,30H,3,6-7,10-12H2,1-2H3,(H,25,32). The molecule has 3 heterocycles. The molecule has 2 unspecified atom stereocenters. The van der Waals surface area contributed by atoms with Crippen LogP contribution in [0.2, 0.25) is 0 Å². The Morgan fingerprint density at radius 3 is 2.94 bits per heavy atom. The number of hydrogen-bond acceptors (Lipinski definition) is 6. The summed E-state index contributed by atoms with van der Waals surface area (Å²) in [7, 11) is 1.93. The van der Waals surface area contributed by atoms with Gasteiger partial charge in [0, 0.05) is 44.2 Å². The summed E-state index contributed by atoms with van der Waals surface area (Å²) in [6.45, 7) is 3.77. The van der Waals surface area contributed by atoms with Gasteiger partial charge >= 0.3 is 6.03 Å². The molecule has 0 fully saturated rings. The Morgan fingerprint density at radius 1 is 1.44 bits per heavy atom. The molecule has 168 valence electrons. The van der Waals surface area contributed by atoms with Crippen molar-refractivity contribution in [3.8, 4) is 6.07 Å². The predicted molar refractivity (Wildman–Crippen MR) is 113 cm³/mol. The number of hydrogen-bond donors (Lipinski definition) is 2. The van der Waals surface area contributed by atoms with E-state index >= 15 is 0 Å². The molecule has 1 aromatic heterocycles. The molecule has 0 radical (unpaired) electrons. The van der Waals surface area contributed by atoms with Gasteiger partial charge in [0.05, 0.1) is 28.6 Å². The van der Waals surface area contributed by atoms with Crippen LogP contribution in [0, 0.1) is 23.1 Å². The fourth-order valence-corrected chi connectivity index (χ4v) is 4.39. The summed E-state index contributed by atoms with van der Waals surface area (Å²) in [6, 6.07) is 4.75. The van der Waals surface area contributed by atoms with E-state index in [4.69, 9.17) is 5.26 Å². The van der Waals surface area contributed by atoms with Crippen LogP contribution in [-0.2, 0) is 19.5 Å². The number of nitrogens with zero attached hydrogens (tertiary/aromatic N) is 5. The molecule has 2 aliphatic heterocycles. The van der Waals surface area contributed by atoms with E-state index in [0.717, 1.165) is 16.7 Å². The molecule has 2 atom stereocenters. The van der Waals surface area contributed by atoms with Crippen LogP contribution in [0.25, 0.3) is 0 Å². The smallest absolute Gasteiger partial charge is 0.328 e. The van der Waals surface area contributed by atoms with Crippen molar-refractivity contribution >= 4 is 17.6 Å². The molecular formula is C22H25FN6O3. The Balaban J connectivity index is 1.58. The summed E-state index contributed by atoms with van der Waals surface area (Å²) >= 11 is 0. The van der Waals surface area contributed by atoms with Crippen LogP contribution in [0.4, 0.5) is 14.9 Å². The fraction of sp³-hybridized carbons (Fsp3) is 0.455. The first-order valence-corrected chi connectivity index (χ1v) is 10.6. The quantitative estimate of drug-likeness (QED) is 0.754. The first-order chi connectivity index (χ1) is 15.3. The van der Waals surface area contributed by atoms with Crippen molar-refractivity contribution in [2.24, 2.45) is 5.92 Å². The number of rotatable bonds is 3. The van der Waals surface area contributed by atoms with Crippen molar-refractivity contribution in [3.05, 3.63) is 46.5 Å². The number of urea groups is 1. The summed E-state index contributed by atoms with van der Waals surface area (Å²) < 4.78 is 15.4. The number of carbonyl (C=O) groups is 2. The fourth-order valence-electron chi connectivity index (χ4n) is 4.39. The zero-order valence-electron chi connectivity index (χ0n) is 18.0. The SMILES string of the molecule is CCC(O)C1CN(C)Cc2c3c(nn2C1)CCN(C(=O)Nc1ccc(F)c(C#N)c1)C3=O. The molecule has 0 saturated heterocycles. The number of nitrogens with one attached hydrogen (secondary N) is 1. The van der Waals surface area contributed by atoms with Crippen LogP contribution in [0.3, 0.4) is 0 Å². The van der Waals surface area contributed by atoms with Crippen molar-refractivity contribution in [3.63, 3.8) is 0 Å². The average molecular weight is 440 g/mol. The number of aliphatic hydroxyl groups excluding tert-OH is 1. The highest BCUT2D eigenvalue weighted by atomic mass is 19.1. The largest absolute Gasteiger partial charge is 0.393 e. The first kappa shape index (κ1) is 21.9. The number of aliphatic hydroxyl groups is 1. The van der Waals surface area contributed by atoms with Gasteiger partial charge in [0.1, 0.15) is 11.9 Å². The number of benzene rings is 1. The highest BCUT2D eigenvalue weighted by molar-refractivity contribution is 6.09. The number of anilines is 1. The number of nitriles is 1. The molecule has 3 amide bonds. The normalized spacial score (nSPS) is 19.5. The van der Waals surface area contributed by atoms with Crippen molar-refractivity contribution in [1.29, 1.82) is 5.26 Å². The molecular weight excluding hydrogens is 415 g/mol. The summed E-state index contributed by atoms with van der Waals surface area (Å²) in [5.74, 6) is -1.12. The number of aromatic nitrogens is 2. The van der Waals surface area contributed by atoms with Crippen LogP contribution in [-0.4, -0.2) is 62.9 Å². The monoisotopic (exact) mass is 440 g/mol. The van der Waals surface area contributed by atoms with Crippen LogP contribution in [0.5, 0.6) is 0 Å². The second-order valence-corrected chi connectivity index (χ2v) is 8.33. The number of fused-ring (bicyclic) bond motifs is 3. The molecule has 2 aromatic rings. The minimum absolute atomic E-state index is 0.00471. The van der Waals surface area contributed by atoms with Crippen molar-refractivity contribution < 1.29 is 19.1 Å². The number of imide groups is 1. The number of halogens is 1. The van der Waals surface area contributed by atoms with Gasteiger partial charge in [-0.05, 0) is 31.7 Å². The Hall–Kier alpha value is -3.29. The molecule has 0 saturated carbocycles. The van der Waals surface area contributed by atoms with Crippen molar-refractivity contribution in [1.82, 2.24) is 19.6 Å². The minimum atomic E-state index is -0.678. The third-order valence-corrected chi connectivity index (χ3v) is 6.08. The molecule has 2 aliphatic rings. The minimum Gasteiger partial charge on any atom is -0.393 e. The average Bonchev–Trinajstić information content (AvgIpc) is 3.02. The van der Waals surface area contributed by atoms with E-state index in [1.165, 1.54) is 12.1 Å². The van der Waals surface area contributed by atoms with Gasteiger partial charge in [-0.2, -0.15) is 10.4 Å². The Kier molecular flexibility index (Phi) is 5.95. The van der Waals surface area contributed by atoms with Gasteiger partial charge in [-0.1, -0.05) is 6.92 Å². The molecule has 32 heavy (non-hydrogen) atoms. The molecule has 1 aromatic carbocycles. The Morgan fingerprint density at radius 2 is 2.22 bits per heavy atom. The summed E-state index contributed by atoms with van der Waals surface area (Å²) in [5.41, 5.74) is 1.87. The van der Waals surface area contributed by atoms with E-state index in [1.54, 1.807) is 10.8 Å². The predicted octanol–water partition coefficient (Wildman–Crippen LogP) is 1.96. The van der Waals surface area contributed by atoms with Crippen molar-refractivity contribution in [2.75, 3.05) is 25.5 Å². The van der Waals surface area contributed by atoms with E-state index < -0.39 is 23.9 Å². The lowest BCUT2D eigenvalue weighted by atomic mass is 10.0. The topological polar surface area (TPSA) is 114 Å². The van der Waals surface area contributed by atoms with Gasteiger partial charge in [0.15, 0.2) is 0 Å². The third-order valence-electron chi connectivity index (χ3n) is 6.08. The third kappa shape index (κ3) is 3.97. The van der Waals surface area contributed by atoms with Crippen LogP contribution < -0.4 is 5.32 Å². The molecule has 0 bridgehead atoms. The second-order valence-electron chi connectivity index (χ2n) is 8.33. The second kappa shape index (κ2) is 8.68. The molecule has 10 heteroatoms. The lowest BCUT2D eigenvalue weighted by Crippen LogP contribution is -2.44. The van der Waals surface area contributed by atoms with E-state index in [9.17, 15) is 19.1 Å². The molecule has 2 N–H and O–H groups in total. The Labute approximate surface area is 185 Å². The highest BCUT2D eigenvalue weighted by Gasteiger charge is 2.37. The molecule has 0 spiro atoms. The highest BCUT2D eigenvalue weighted by Crippen LogP contribution is 2.28. The zero-order chi connectivity index (χ0) is 23.0.